The van der Waals surface area contributed by atoms with E-state index in [1.165, 1.54) is 0 Å². The second kappa shape index (κ2) is 6.53. The molecule has 1 amide bonds. The van der Waals surface area contributed by atoms with Crippen LogP contribution < -0.4 is 10.0 Å². The van der Waals surface area contributed by atoms with Gasteiger partial charge < -0.3 is 5.32 Å². The fraction of sp³-hybridized carbons (Fsp3) is 0.500. The number of carbonyl (C=O) groups is 1. The molecule has 126 valence electrons. The van der Waals surface area contributed by atoms with Gasteiger partial charge in [0.25, 0.3) is 15.7 Å². The number of nitro benzene ring substituents is 1. The van der Waals surface area contributed by atoms with Gasteiger partial charge in [-0.1, -0.05) is 13.8 Å². The molecule has 1 fully saturated rings. The Morgan fingerprint density at radius 1 is 1.43 bits per heavy atom. The number of nitrogens with one attached hydrogen (secondary N) is 2. The third-order valence-corrected chi connectivity index (χ3v) is 5.12. The molecule has 0 aromatic heterocycles. The lowest BCUT2D eigenvalue weighted by atomic mass is 10.2. The summed E-state index contributed by atoms with van der Waals surface area (Å²) in [5.41, 5.74) is -0.102. The van der Waals surface area contributed by atoms with Crippen molar-refractivity contribution in [2.24, 2.45) is 11.8 Å². The predicted molar refractivity (Wildman–Crippen MR) is 84.5 cm³/mol. The predicted octanol–water partition coefficient (Wildman–Crippen LogP) is 1.88. The molecule has 9 heteroatoms. The molecule has 1 aromatic rings. The Morgan fingerprint density at radius 2 is 2.09 bits per heavy atom. The van der Waals surface area contributed by atoms with Gasteiger partial charge in [-0.2, -0.15) is 0 Å². The van der Waals surface area contributed by atoms with E-state index in [0.717, 1.165) is 18.2 Å². The van der Waals surface area contributed by atoms with E-state index in [1.54, 1.807) is 0 Å². The molecular weight excluding hydrogens is 322 g/mol. The van der Waals surface area contributed by atoms with E-state index in [-0.39, 0.29) is 28.1 Å². The van der Waals surface area contributed by atoms with Crippen molar-refractivity contribution >= 4 is 27.3 Å². The van der Waals surface area contributed by atoms with Crippen molar-refractivity contribution in [3.63, 3.8) is 0 Å². The van der Waals surface area contributed by atoms with Crippen LogP contribution in [-0.2, 0) is 14.8 Å². The van der Waals surface area contributed by atoms with Crippen LogP contribution in [0.15, 0.2) is 23.1 Å². The smallest absolute Gasteiger partial charge is 0.271 e. The highest BCUT2D eigenvalue weighted by Crippen LogP contribution is 2.38. The molecule has 2 rings (SSSR count). The van der Waals surface area contributed by atoms with Crippen LogP contribution >= 0.6 is 0 Å². The maximum atomic E-state index is 12.4. The second-order valence-corrected chi connectivity index (χ2v) is 7.30. The van der Waals surface area contributed by atoms with E-state index in [4.69, 9.17) is 0 Å². The van der Waals surface area contributed by atoms with Crippen LogP contribution in [0.25, 0.3) is 0 Å². The van der Waals surface area contributed by atoms with Crippen molar-refractivity contribution < 1.29 is 18.1 Å². The number of hydrogen-bond acceptors (Lipinski definition) is 6. The fourth-order valence-electron chi connectivity index (χ4n) is 2.21. The Hall–Kier alpha value is -2.16. The first kappa shape index (κ1) is 17.2. The molecule has 1 aliphatic carbocycles. The van der Waals surface area contributed by atoms with E-state index >= 15 is 0 Å². The summed E-state index contributed by atoms with van der Waals surface area (Å²) in [6.07, 6.45) is 1.39. The lowest BCUT2D eigenvalue weighted by Crippen LogP contribution is -2.32. The molecule has 0 spiro atoms. The monoisotopic (exact) mass is 341 g/mol. The Bertz CT molecular complexity index is 732. The van der Waals surface area contributed by atoms with Crippen molar-refractivity contribution in [3.05, 3.63) is 28.3 Å². The first-order chi connectivity index (χ1) is 10.8. The summed E-state index contributed by atoms with van der Waals surface area (Å²) in [4.78, 5) is 22.0. The van der Waals surface area contributed by atoms with Gasteiger partial charge in [0, 0.05) is 24.6 Å². The molecule has 1 aliphatic rings. The van der Waals surface area contributed by atoms with Crippen LogP contribution in [-0.4, -0.2) is 25.8 Å². The molecule has 8 nitrogen and oxygen atoms in total. The molecule has 0 heterocycles. The fourth-order valence-corrected chi connectivity index (χ4v) is 3.41. The lowest BCUT2D eigenvalue weighted by molar-refractivity contribution is -0.384. The molecule has 0 bridgehead atoms. The average Bonchev–Trinajstić information content (AvgIpc) is 3.21. The van der Waals surface area contributed by atoms with Gasteiger partial charge in [-0.25, -0.2) is 13.1 Å². The zero-order chi connectivity index (χ0) is 17.2. The van der Waals surface area contributed by atoms with Gasteiger partial charge >= 0.3 is 0 Å². The van der Waals surface area contributed by atoms with Crippen LogP contribution in [0, 0.1) is 22.0 Å². The van der Waals surface area contributed by atoms with Gasteiger partial charge in [0.05, 0.1) is 10.6 Å². The zero-order valence-electron chi connectivity index (χ0n) is 12.9. The molecular formula is C14H19N3O5S. The summed E-state index contributed by atoms with van der Waals surface area (Å²) in [7, 11) is -4.08. The third-order valence-electron chi connectivity index (χ3n) is 3.71. The molecule has 0 aliphatic heterocycles. The quantitative estimate of drug-likeness (QED) is 0.577. The Balaban J connectivity index is 2.31. The maximum Gasteiger partial charge on any atom is 0.271 e. The molecule has 2 N–H and O–H groups in total. The summed E-state index contributed by atoms with van der Waals surface area (Å²) in [5.74, 6) is -0.632. The SMILES string of the molecule is CCCNc1cc([N+](=O)[O-])ccc1S(=O)(=O)NC(=O)C1CC1C. The highest BCUT2D eigenvalue weighted by Gasteiger charge is 2.41. The van der Waals surface area contributed by atoms with Crippen molar-refractivity contribution in [3.8, 4) is 0 Å². The van der Waals surface area contributed by atoms with Gasteiger partial charge in [0.1, 0.15) is 4.90 Å². The summed E-state index contributed by atoms with van der Waals surface area (Å²) in [6, 6.07) is 3.41. The molecule has 2 atom stereocenters. The van der Waals surface area contributed by atoms with Gasteiger partial charge in [-0.15, -0.1) is 0 Å². The lowest BCUT2D eigenvalue weighted by Gasteiger charge is -2.12. The highest BCUT2D eigenvalue weighted by molar-refractivity contribution is 7.90. The van der Waals surface area contributed by atoms with Gasteiger partial charge in [-0.3, -0.25) is 14.9 Å². The van der Waals surface area contributed by atoms with Crippen LogP contribution in [0.4, 0.5) is 11.4 Å². The standard InChI is InChI=1S/C14H19N3O5S/c1-3-6-15-12-8-10(17(19)20)4-5-13(12)23(21,22)16-14(18)11-7-9(11)2/h4-5,8-9,11,15H,3,6-7H2,1-2H3,(H,16,18). The Morgan fingerprint density at radius 3 is 2.61 bits per heavy atom. The number of carbonyl (C=O) groups excluding carboxylic acids is 1. The number of anilines is 1. The molecule has 1 saturated carbocycles. The normalized spacial score (nSPS) is 19.9. The highest BCUT2D eigenvalue weighted by atomic mass is 32.2. The minimum absolute atomic E-state index is 0.116. The zero-order valence-corrected chi connectivity index (χ0v) is 13.7. The molecule has 1 aromatic carbocycles. The first-order valence-corrected chi connectivity index (χ1v) is 8.83. The second-order valence-electron chi connectivity index (χ2n) is 5.65. The average molecular weight is 341 g/mol. The number of benzene rings is 1. The molecule has 23 heavy (non-hydrogen) atoms. The topological polar surface area (TPSA) is 118 Å². The number of nitrogens with zero attached hydrogens (tertiary/aromatic N) is 1. The minimum atomic E-state index is -4.08. The van der Waals surface area contributed by atoms with E-state index in [9.17, 15) is 23.3 Å². The van der Waals surface area contributed by atoms with E-state index in [2.05, 4.69) is 10.0 Å². The largest absolute Gasteiger partial charge is 0.384 e. The van der Waals surface area contributed by atoms with Crippen molar-refractivity contribution in [2.45, 2.75) is 31.6 Å². The van der Waals surface area contributed by atoms with Gasteiger partial charge in [0.15, 0.2) is 0 Å². The number of hydrogen-bond donors (Lipinski definition) is 2. The number of non-ortho nitro benzene ring substituents is 1. The number of rotatable bonds is 7. The molecule has 0 radical (unpaired) electrons. The number of amides is 1. The van der Waals surface area contributed by atoms with Crippen LogP contribution in [0.3, 0.4) is 0 Å². The van der Waals surface area contributed by atoms with Gasteiger partial charge in [0.2, 0.25) is 5.91 Å². The third kappa shape index (κ3) is 3.98. The number of nitro groups is 1. The van der Waals surface area contributed by atoms with Crippen molar-refractivity contribution in [1.82, 2.24) is 4.72 Å². The van der Waals surface area contributed by atoms with Crippen molar-refractivity contribution in [2.75, 3.05) is 11.9 Å². The van der Waals surface area contributed by atoms with Crippen LogP contribution in [0.1, 0.15) is 26.7 Å². The van der Waals surface area contributed by atoms with Crippen LogP contribution in [0.5, 0.6) is 0 Å². The van der Waals surface area contributed by atoms with Crippen LogP contribution in [0.2, 0.25) is 0 Å². The minimum Gasteiger partial charge on any atom is -0.384 e. The first-order valence-electron chi connectivity index (χ1n) is 7.35. The Labute approximate surface area is 134 Å². The van der Waals surface area contributed by atoms with E-state index < -0.39 is 20.9 Å². The van der Waals surface area contributed by atoms with Crippen molar-refractivity contribution in [1.29, 1.82) is 0 Å². The maximum absolute atomic E-state index is 12.4. The van der Waals surface area contributed by atoms with Gasteiger partial charge in [-0.05, 0) is 24.8 Å². The molecule has 0 saturated heterocycles. The number of sulfonamides is 1. The van der Waals surface area contributed by atoms with E-state index in [1.807, 2.05) is 13.8 Å². The Kier molecular flexibility index (Phi) is 4.88. The summed E-state index contributed by atoms with van der Waals surface area (Å²) < 4.78 is 26.9. The molecule has 2 unspecified atom stereocenters. The summed E-state index contributed by atoms with van der Waals surface area (Å²) in [5, 5.41) is 13.7. The van der Waals surface area contributed by atoms with E-state index in [0.29, 0.717) is 19.4 Å². The summed E-state index contributed by atoms with van der Waals surface area (Å²) >= 11 is 0. The summed E-state index contributed by atoms with van der Waals surface area (Å²) in [6.45, 7) is 4.21.